The predicted octanol–water partition coefficient (Wildman–Crippen LogP) is 7.73. The molecule has 3 atom stereocenters. The van der Waals surface area contributed by atoms with Crippen LogP contribution in [0.2, 0.25) is 0 Å². The molecule has 0 aliphatic carbocycles. The fourth-order valence-electron chi connectivity index (χ4n) is 7.62. The molecule has 0 radical (unpaired) electrons. The number of hydrogen-bond donors (Lipinski definition) is 2. The minimum Gasteiger partial charge on any atom is -0.489 e. The molecule has 0 aromatic heterocycles. The van der Waals surface area contributed by atoms with Gasteiger partial charge in [0, 0.05) is 23.7 Å². The third-order valence-electron chi connectivity index (χ3n) is 10.9. The van der Waals surface area contributed by atoms with Gasteiger partial charge in [-0.25, -0.2) is 17.5 Å². The lowest BCUT2D eigenvalue weighted by Gasteiger charge is -2.48. The van der Waals surface area contributed by atoms with Crippen LogP contribution in [0.15, 0.2) is 121 Å². The van der Waals surface area contributed by atoms with Crippen molar-refractivity contribution in [2.75, 3.05) is 30.9 Å². The molecule has 2 aliphatic heterocycles. The minimum atomic E-state index is -3.39. The first kappa shape index (κ1) is 44.2. The van der Waals surface area contributed by atoms with Gasteiger partial charge in [0.15, 0.2) is 5.79 Å². The zero-order chi connectivity index (χ0) is 44.1. The van der Waals surface area contributed by atoms with Gasteiger partial charge in [-0.1, -0.05) is 90.7 Å². The topological polar surface area (TPSA) is 141 Å². The van der Waals surface area contributed by atoms with Crippen molar-refractivity contribution in [3.8, 4) is 28.7 Å². The monoisotopic (exact) mass is 860 g/mol. The Morgan fingerprint density at radius 1 is 0.935 bits per heavy atom. The van der Waals surface area contributed by atoms with Gasteiger partial charge in [-0.2, -0.15) is 0 Å². The molecule has 11 nitrogen and oxygen atoms in total. The molecule has 1 unspecified atom stereocenters. The number of β-lactam (4-membered cyclic amide) rings is 1. The molecular formula is C49H49FN2O9S. The number of sulfonamides is 1. The zero-order valence-electron chi connectivity index (χ0n) is 35.0. The second kappa shape index (κ2) is 18.6. The second-order valence-electron chi connectivity index (χ2n) is 16.0. The molecule has 0 spiro atoms. The molecule has 7 rings (SSSR count). The summed E-state index contributed by atoms with van der Waals surface area (Å²) < 4.78 is 63.0. The maximum absolute atomic E-state index is 14.4. The van der Waals surface area contributed by atoms with Crippen LogP contribution in [0.25, 0.3) is 11.1 Å². The number of nitrogens with one attached hydrogen (secondary N) is 1. The van der Waals surface area contributed by atoms with Gasteiger partial charge in [0.1, 0.15) is 29.9 Å². The van der Waals surface area contributed by atoms with Crippen molar-refractivity contribution in [3.05, 3.63) is 155 Å². The Balaban J connectivity index is 1.23. The summed E-state index contributed by atoms with van der Waals surface area (Å²) in [5.41, 5.74) is 4.67. The molecule has 0 saturated carbocycles. The van der Waals surface area contributed by atoms with E-state index in [4.69, 9.17) is 18.9 Å². The van der Waals surface area contributed by atoms with E-state index in [2.05, 4.69) is 16.6 Å². The number of ether oxygens (including phenoxy) is 4. The zero-order valence-corrected chi connectivity index (χ0v) is 35.8. The Morgan fingerprint density at radius 3 is 2.24 bits per heavy atom. The molecule has 2 saturated heterocycles. The Morgan fingerprint density at radius 2 is 1.60 bits per heavy atom. The van der Waals surface area contributed by atoms with E-state index in [9.17, 15) is 27.5 Å². The van der Waals surface area contributed by atoms with E-state index in [0.29, 0.717) is 41.0 Å². The summed E-state index contributed by atoms with van der Waals surface area (Å²) >= 11 is 0. The first-order valence-electron chi connectivity index (χ1n) is 20.3. The molecular weight excluding hydrogens is 812 g/mol. The number of nitrogens with zero attached hydrogens (tertiary/aromatic N) is 1. The maximum Gasteiger partial charge on any atom is 0.303 e. The van der Waals surface area contributed by atoms with Crippen LogP contribution in [0.5, 0.6) is 5.75 Å². The number of amides is 1. The summed E-state index contributed by atoms with van der Waals surface area (Å²) in [4.78, 5) is 28.3. The Bertz CT molecular complexity index is 2550. The Kier molecular flexibility index (Phi) is 13.3. The fourth-order valence-corrected chi connectivity index (χ4v) is 7.96. The highest BCUT2D eigenvalue weighted by atomic mass is 32.2. The van der Waals surface area contributed by atoms with E-state index in [1.54, 1.807) is 41.3 Å². The lowest BCUT2D eigenvalue weighted by molar-refractivity contribution is -0.305. The van der Waals surface area contributed by atoms with Crippen molar-refractivity contribution in [3.63, 3.8) is 0 Å². The molecule has 322 valence electrons. The van der Waals surface area contributed by atoms with Crippen LogP contribution in [-0.2, 0) is 46.0 Å². The highest BCUT2D eigenvalue weighted by Crippen LogP contribution is 2.50. The number of halogens is 1. The van der Waals surface area contributed by atoms with Gasteiger partial charge >= 0.3 is 5.97 Å². The summed E-state index contributed by atoms with van der Waals surface area (Å²) in [6.07, 6.45) is 0.990. The number of carbonyl (C=O) groups excluding carboxylic acids is 2. The minimum absolute atomic E-state index is 0.0439. The number of benzene rings is 5. The Labute approximate surface area is 361 Å². The molecule has 2 N–H and O–H groups in total. The van der Waals surface area contributed by atoms with Crippen molar-refractivity contribution in [2.45, 2.75) is 63.8 Å². The number of rotatable bonds is 14. The van der Waals surface area contributed by atoms with Crippen molar-refractivity contribution in [1.82, 2.24) is 4.72 Å². The standard InChI is InChI=1S/C49H49FN2O9S/c1-33(53)61-44(37-16-21-40(50)22-17-37)27-26-43-46(52(47(43)54)41-23-12-34(13-24-41)11-8-28-51-62(4,56)57)42-25-18-38(29-45(42)58-30-35-9-6-5-7-10-35)36-14-19-39(20-15-36)49(55)31-59-48(2,3)60-32-49/h5-7,9-10,12-25,29,43-44,46,51,55H,26-28,30-32H2,1-4H3/t43-,44?,46-/m1/s1. The van der Waals surface area contributed by atoms with Crippen LogP contribution < -0.4 is 14.4 Å². The number of esters is 1. The van der Waals surface area contributed by atoms with E-state index in [-0.39, 0.29) is 32.3 Å². The summed E-state index contributed by atoms with van der Waals surface area (Å²) in [6, 6.07) is 35.7. The van der Waals surface area contributed by atoms with Crippen molar-refractivity contribution in [2.24, 2.45) is 5.92 Å². The number of anilines is 1. The van der Waals surface area contributed by atoms with Gasteiger partial charge in [0.2, 0.25) is 15.9 Å². The number of hydrogen-bond acceptors (Lipinski definition) is 9. The second-order valence-corrected chi connectivity index (χ2v) is 17.9. The molecule has 0 bridgehead atoms. The summed E-state index contributed by atoms with van der Waals surface area (Å²) in [5.74, 6) is 3.93. The normalized spacial score (nSPS) is 18.5. The SMILES string of the molecule is CC(=O)OC(CC[C@H]1C(=O)N(c2ccc(C#CCNS(C)(=O)=O)cc2)[C@@H]1c1ccc(-c2ccc(C3(O)COC(C)(C)OC3)cc2)cc1OCc1ccccc1)c1ccc(F)cc1. The van der Waals surface area contributed by atoms with Crippen LogP contribution in [0.1, 0.15) is 73.6 Å². The van der Waals surface area contributed by atoms with Gasteiger partial charge in [-0.05, 0) is 97.0 Å². The van der Waals surface area contributed by atoms with Crippen molar-refractivity contribution >= 4 is 27.6 Å². The summed E-state index contributed by atoms with van der Waals surface area (Å²) in [7, 11) is -3.39. The largest absolute Gasteiger partial charge is 0.489 e. The van der Waals surface area contributed by atoms with Gasteiger partial charge in [0.25, 0.3) is 0 Å². The van der Waals surface area contributed by atoms with Gasteiger partial charge < -0.3 is 29.0 Å². The van der Waals surface area contributed by atoms with Crippen LogP contribution in [-0.4, -0.2) is 57.2 Å². The van der Waals surface area contributed by atoms with Gasteiger partial charge in [-0.3, -0.25) is 9.59 Å². The summed E-state index contributed by atoms with van der Waals surface area (Å²) in [5, 5.41) is 11.4. The molecule has 13 heteroatoms. The predicted molar refractivity (Wildman–Crippen MR) is 233 cm³/mol. The van der Waals surface area contributed by atoms with Gasteiger partial charge in [0.05, 0.1) is 38.0 Å². The fraction of sp³-hybridized carbons (Fsp3) is 0.306. The van der Waals surface area contributed by atoms with Crippen molar-refractivity contribution in [1.29, 1.82) is 0 Å². The third-order valence-corrected chi connectivity index (χ3v) is 11.6. The molecule has 2 fully saturated rings. The quantitative estimate of drug-likeness (QED) is 0.0652. The molecule has 5 aromatic carbocycles. The average molecular weight is 861 g/mol. The van der Waals surface area contributed by atoms with Gasteiger partial charge in [-0.15, -0.1) is 0 Å². The first-order chi connectivity index (χ1) is 29.6. The van der Waals surface area contributed by atoms with E-state index < -0.39 is 51.3 Å². The molecule has 1 amide bonds. The van der Waals surface area contributed by atoms with Crippen molar-refractivity contribution < 1.29 is 46.5 Å². The Hall–Kier alpha value is -5.88. The lowest BCUT2D eigenvalue weighted by Crippen LogP contribution is -2.55. The number of aliphatic hydroxyl groups is 1. The van der Waals surface area contributed by atoms with Crippen LogP contribution in [0, 0.1) is 23.6 Å². The molecule has 5 aromatic rings. The third kappa shape index (κ3) is 10.8. The average Bonchev–Trinajstić information content (AvgIpc) is 3.25. The van der Waals surface area contributed by atoms with Crippen LogP contribution in [0.4, 0.5) is 10.1 Å². The van der Waals surface area contributed by atoms with Crippen LogP contribution in [0.3, 0.4) is 0 Å². The smallest absolute Gasteiger partial charge is 0.303 e. The first-order valence-corrected chi connectivity index (χ1v) is 22.2. The molecule has 2 aliphatic rings. The molecule has 62 heavy (non-hydrogen) atoms. The van der Waals surface area contributed by atoms with E-state index >= 15 is 0 Å². The highest BCUT2D eigenvalue weighted by Gasteiger charge is 2.50. The lowest BCUT2D eigenvalue weighted by atomic mass is 9.77. The highest BCUT2D eigenvalue weighted by molar-refractivity contribution is 7.88. The summed E-state index contributed by atoms with van der Waals surface area (Å²) in [6.45, 7) is 5.33. The van der Waals surface area contributed by atoms with E-state index in [0.717, 1.165) is 28.5 Å². The molecule has 2 heterocycles. The maximum atomic E-state index is 14.4. The van der Waals surface area contributed by atoms with E-state index in [1.807, 2.05) is 86.6 Å². The van der Waals surface area contributed by atoms with E-state index in [1.165, 1.54) is 19.1 Å². The number of carbonyl (C=O) groups is 2. The van der Waals surface area contributed by atoms with Crippen LogP contribution >= 0.6 is 0 Å².